The number of thiophene rings is 1. The van der Waals surface area contributed by atoms with Gasteiger partial charge in [0.25, 0.3) is 0 Å². The Morgan fingerprint density at radius 1 is 1.64 bits per heavy atom. The van der Waals surface area contributed by atoms with Crippen LogP contribution in [-0.2, 0) is 0 Å². The van der Waals surface area contributed by atoms with Gasteiger partial charge in [0.2, 0.25) is 0 Å². The van der Waals surface area contributed by atoms with Gasteiger partial charge in [-0.3, -0.25) is 0 Å². The molecule has 1 aliphatic heterocycles. The molecule has 1 atom stereocenters. The highest BCUT2D eigenvalue weighted by molar-refractivity contribution is 7.11. The second-order valence-electron chi connectivity index (χ2n) is 3.63. The maximum atomic E-state index is 6.05. The van der Waals surface area contributed by atoms with Crippen LogP contribution in [0.3, 0.4) is 0 Å². The van der Waals surface area contributed by atoms with E-state index >= 15 is 0 Å². The average Bonchev–Trinajstić information content (AvgIpc) is 2.56. The number of hydrogen-bond donors (Lipinski definition) is 1. The molecule has 2 heterocycles. The van der Waals surface area contributed by atoms with E-state index in [0.717, 1.165) is 11.6 Å². The Morgan fingerprint density at radius 2 is 2.50 bits per heavy atom. The second-order valence-corrected chi connectivity index (χ2v) is 4.99. The SMILES string of the molecule is CC1NCCC/C1=C\c1sccc1Cl. The number of piperidine rings is 1. The Balaban J connectivity index is 2.20. The third-order valence-corrected chi connectivity index (χ3v) is 3.92. The minimum absolute atomic E-state index is 0.502. The van der Waals surface area contributed by atoms with E-state index in [0.29, 0.717) is 6.04 Å². The van der Waals surface area contributed by atoms with E-state index in [1.807, 2.05) is 11.4 Å². The number of hydrogen-bond acceptors (Lipinski definition) is 2. The lowest BCUT2D eigenvalue weighted by Gasteiger charge is -2.23. The van der Waals surface area contributed by atoms with Crippen LogP contribution in [0.2, 0.25) is 5.02 Å². The van der Waals surface area contributed by atoms with Crippen LogP contribution in [0.15, 0.2) is 17.0 Å². The summed E-state index contributed by atoms with van der Waals surface area (Å²) >= 11 is 7.76. The number of nitrogens with one attached hydrogen (secondary N) is 1. The van der Waals surface area contributed by atoms with Gasteiger partial charge in [-0.05, 0) is 43.8 Å². The van der Waals surface area contributed by atoms with Crippen LogP contribution in [0.1, 0.15) is 24.6 Å². The van der Waals surface area contributed by atoms with Crippen LogP contribution in [-0.4, -0.2) is 12.6 Å². The molecule has 0 bridgehead atoms. The Labute approximate surface area is 93.8 Å². The molecular formula is C11H14ClNS. The molecule has 1 unspecified atom stereocenters. The smallest absolute Gasteiger partial charge is 0.0586 e. The van der Waals surface area contributed by atoms with Crippen molar-refractivity contribution in [2.75, 3.05) is 6.54 Å². The molecule has 0 amide bonds. The fourth-order valence-electron chi connectivity index (χ4n) is 1.73. The quantitative estimate of drug-likeness (QED) is 0.774. The summed E-state index contributed by atoms with van der Waals surface area (Å²) in [6.45, 7) is 3.35. The standard InChI is InChI=1S/C11H14ClNS/c1-8-9(3-2-5-13-8)7-11-10(12)4-6-14-11/h4,6-8,13H,2-3,5H2,1H3/b9-7+. The summed E-state index contributed by atoms with van der Waals surface area (Å²) in [6.07, 6.45) is 4.67. The van der Waals surface area contributed by atoms with Crippen molar-refractivity contribution in [3.8, 4) is 0 Å². The average molecular weight is 228 g/mol. The first-order valence-corrected chi connectivity index (χ1v) is 6.20. The van der Waals surface area contributed by atoms with Crippen molar-refractivity contribution in [3.05, 3.63) is 26.9 Å². The first-order valence-electron chi connectivity index (χ1n) is 4.94. The second kappa shape index (κ2) is 4.47. The van der Waals surface area contributed by atoms with Crippen LogP contribution in [0.25, 0.3) is 6.08 Å². The van der Waals surface area contributed by atoms with Gasteiger partial charge in [0.1, 0.15) is 0 Å². The highest BCUT2D eigenvalue weighted by Crippen LogP contribution is 2.27. The predicted octanol–water partition coefficient (Wildman–Crippen LogP) is 3.56. The highest BCUT2D eigenvalue weighted by atomic mass is 35.5. The van der Waals surface area contributed by atoms with Crippen molar-refractivity contribution in [2.24, 2.45) is 0 Å². The lowest BCUT2D eigenvalue weighted by atomic mass is 9.98. The Hall–Kier alpha value is -0.310. The fourth-order valence-corrected chi connectivity index (χ4v) is 2.81. The van der Waals surface area contributed by atoms with Crippen LogP contribution in [0.4, 0.5) is 0 Å². The van der Waals surface area contributed by atoms with Gasteiger partial charge in [-0.25, -0.2) is 0 Å². The van der Waals surface area contributed by atoms with E-state index < -0.39 is 0 Å². The van der Waals surface area contributed by atoms with Crippen LogP contribution < -0.4 is 5.32 Å². The minimum Gasteiger partial charge on any atom is -0.311 e. The van der Waals surface area contributed by atoms with E-state index in [1.54, 1.807) is 11.3 Å². The minimum atomic E-state index is 0.502. The Bertz CT molecular complexity index is 343. The van der Waals surface area contributed by atoms with Crippen molar-refractivity contribution in [1.82, 2.24) is 5.32 Å². The molecule has 1 N–H and O–H groups in total. The maximum absolute atomic E-state index is 6.05. The van der Waals surface area contributed by atoms with Crippen LogP contribution in [0.5, 0.6) is 0 Å². The summed E-state index contributed by atoms with van der Waals surface area (Å²) in [5, 5.41) is 6.37. The molecule has 14 heavy (non-hydrogen) atoms. The van der Waals surface area contributed by atoms with Gasteiger partial charge in [0.05, 0.1) is 5.02 Å². The van der Waals surface area contributed by atoms with Gasteiger partial charge in [-0.2, -0.15) is 0 Å². The summed E-state index contributed by atoms with van der Waals surface area (Å²) in [4.78, 5) is 1.19. The van der Waals surface area contributed by atoms with Gasteiger partial charge in [0.15, 0.2) is 0 Å². The van der Waals surface area contributed by atoms with Crippen molar-refractivity contribution in [1.29, 1.82) is 0 Å². The van der Waals surface area contributed by atoms with Gasteiger partial charge in [-0.15, -0.1) is 11.3 Å². The molecule has 76 valence electrons. The van der Waals surface area contributed by atoms with E-state index in [9.17, 15) is 0 Å². The van der Waals surface area contributed by atoms with Crippen LogP contribution >= 0.6 is 22.9 Å². The first kappa shape index (κ1) is 10.2. The van der Waals surface area contributed by atoms with Gasteiger partial charge in [0, 0.05) is 10.9 Å². The first-order chi connectivity index (χ1) is 6.77. The zero-order valence-electron chi connectivity index (χ0n) is 8.22. The molecule has 1 aliphatic rings. The molecule has 1 aromatic heterocycles. The molecule has 0 aliphatic carbocycles. The summed E-state index contributed by atoms with van der Waals surface area (Å²) in [6, 6.07) is 2.46. The van der Waals surface area contributed by atoms with Crippen molar-refractivity contribution < 1.29 is 0 Å². The van der Waals surface area contributed by atoms with E-state index in [1.165, 1.54) is 23.3 Å². The van der Waals surface area contributed by atoms with Crippen molar-refractivity contribution >= 4 is 29.0 Å². The van der Waals surface area contributed by atoms with Gasteiger partial charge >= 0.3 is 0 Å². The third kappa shape index (κ3) is 2.19. The molecule has 1 nitrogen and oxygen atoms in total. The predicted molar refractivity (Wildman–Crippen MR) is 64.0 cm³/mol. The molecule has 3 heteroatoms. The molecule has 1 fully saturated rings. The highest BCUT2D eigenvalue weighted by Gasteiger charge is 2.13. The largest absolute Gasteiger partial charge is 0.311 e. The number of halogens is 1. The fraction of sp³-hybridized carbons (Fsp3) is 0.455. The monoisotopic (exact) mass is 227 g/mol. The lowest BCUT2D eigenvalue weighted by Crippen LogP contribution is -2.33. The van der Waals surface area contributed by atoms with Crippen molar-refractivity contribution in [3.63, 3.8) is 0 Å². The summed E-state index contributed by atoms with van der Waals surface area (Å²) in [5.41, 5.74) is 1.47. The van der Waals surface area contributed by atoms with Crippen molar-refractivity contribution in [2.45, 2.75) is 25.8 Å². The lowest BCUT2D eigenvalue weighted by molar-refractivity contribution is 0.520. The number of rotatable bonds is 1. The Morgan fingerprint density at radius 3 is 3.14 bits per heavy atom. The van der Waals surface area contributed by atoms with E-state index in [2.05, 4.69) is 18.3 Å². The summed E-state index contributed by atoms with van der Waals surface area (Å²) in [5.74, 6) is 0. The zero-order valence-corrected chi connectivity index (χ0v) is 9.79. The van der Waals surface area contributed by atoms with Gasteiger partial charge in [-0.1, -0.05) is 17.2 Å². The van der Waals surface area contributed by atoms with E-state index in [-0.39, 0.29) is 0 Å². The molecule has 1 saturated heterocycles. The molecule has 1 aromatic rings. The molecule has 0 radical (unpaired) electrons. The molecule has 0 aromatic carbocycles. The molecule has 0 spiro atoms. The third-order valence-electron chi connectivity index (χ3n) is 2.61. The normalized spacial score (nSPS) is 25.6. The zero-order chi connectivity index (χ0) is 9.97. The Kier molecular flexibility index (Phi) is 3.26. The van der Waals surface area contributed by atoms with Crippen LogP contribution in [0, 0.1) is 0 Å². The molecule has 0 saturated carbocycles. The van der Waals surface area contributed by atoms with Gasteiger partial charge < -0.3 is 5.32 Å². The topological polar surface area (TPSA) is 12.0 Å². The van der Waals surface area contributed by atoms with E-state index in [4.69, 9.17) is 11.6 Å². The molecular weight excluding hydrogens is 214 g/mol. The summed E-state index contributed by atoms with van der Waals surface area (Å²) in [7, 11) is 0. The maximum Gasteiger partial charge on any atom is 0.0586 e. The summed E-state index contributed by atoms with van der Waals surface area (Å²) < 4.78 is 0. The molecule has 2 rings (SSSR count).